The summed E-state index contributed by atoms with van der Waals surface area (Å²) in [4.78, 5) is 0. The molecule has 1 heterocycles. The molecule has 1 atom stereocenters. The fourth-order valence-electron chi connectivity index (χ4n) is 3.10. The summed E-state index contributed by atoms with van der Waals surface area (Å²) in [5.74, 6) is 1.91. The van der Waals surface area contributed by atoms with Crippen LogP contribution in [0.2, 0.25) is 0 Å². The standard InChI is InChI=1S/C17H19ClO/c1-10-11(2)19-12(3)16(10)17(18)15-8-7-13-5-4-6-14(13)9-15/h7-9,17H,4-6H2,1-3H3. The molecule has 0 N–H and O–H groups in total. The molecule has 0 amide bonds. The van der Waals surface area contributed by atoms with Crippen LogP contribution in [0, 0.1) is 20.8 Å². The fourth-order valence-corrected chi connectivity index (χ4v) is 3.55. The molecule has 3 rings (SSSR count). The molecule has 1 aromatic heterocycles. The lowest BCUT2D eigenvalue weighted by Gasteiger charge is -2.12. The number of aryl methyl sites for hydroxylation is 4. The third-order valence-corrected chi connectivity index (χ3v) is 4.76. The Balaban J connectivity index is 2.02. The highest BCUT2D eigenvalue weighted by molar-refractivity contribution is 6.22. The average Bonchev–Trinajstić information content (AvgIpc) is 2.94. The van der Waals surface area contributed by atoms with Crippen LogP contribution in [0.1, 0.15) is 51.1 Å². The predicted molar refractivity (Wildman–Crippen MR) is 79.1 cm³/mol. The van der Waals surface area contributed by atoms with E-state index >= 15 is 0 Å². The number of benzene rings is 1. The molecule has 1 unspecified atom stereocenters. The smallest absolute Gasteiger partial charge is 0.106 e. The third kappa shape index (κ3) is 2.10. The summed E-state index contributed by atoms with van der Waals surface area (Å²) in [6.07, 6.45) is 3.68. The minimum atomic E-state index is -0.108. The van der Waals surface area contributed by atoms with E-state index in [-0.39, 0.29) is 5.38 Å². The van der Waals surface area contributed by atoms with Crippen LogP contribution in [-0.4, -0.2) is 0 Å². The first kappa shape index (κ1) is 12.8. The van der Waals surface area contributed by atoms with Crippen LogP contribution in [-0.2, 0) is 12.8 Å². The summed E-state index contributed by atoms with van der Waals surface area (Å²) in [7, 11) is 0. The highest BCUT2D eigenvalue weighted by Gasteiger charge is 2.22. The van der Waals surface area contributed by atoms with Crippen molar-refractivity contribution in [3.8, 4) is 0 Å². The number of halogens is 1. The number of hydrogen-bond acceptors (Lipinski definition) is 1. The van der Waals surface area contributed by atoms with Crippen molar-refractivity contribution in [1.82, 2.24) is 0 Å². The van der Waals surface area contributed by atoms with Gasteiger partial charge in [-0.15, -0.1) is 11.6 Å². The van der Waals surface area contributed by atoms with Gasteiger partial charge in [0.2, 0.25) is 0 Å². The van der Waals surface area contributed by atoms with E-state index in [1.807, 2.05) is 13.8 Å². The molecule has 0 fully saturated rings. The van der Waals surface area contributed by atoms with Crippen molar-refractivity contribution in [2.45, 2.75) is 45.4 Å². The maximum atomic E-state index is 6.70. The van der Waals surface area contributed by atoms with Crippen LogP contribution in [0.5, 0.6) is 0 Å². The lowest BCUT2D eigenvalue weighted by molar-refractivity contribution is 0.500. The first-order valence-electron chi connectivity index (χ1n) is 6.90. The van der Waals surface area contributed by atoms with E-state index in [9.17, 15) is 0 Å². The monoisotopic (exact) mass is 274 g/mol. The quantitative estimate of drug-likeness (QED) is 0.701. The van der Waals surface area contributed by atoms with Crippen LogP contribution in [0.3, 0.4) is 0 Å². The van der Waals surface area contributed by atoms with E-state index in [1.165, 1.54) is 41.5 Å². The normalized spacial score (nSPS) is 15.6. The molecule has 0 bridgehead atoms. The third-order valence-electron chi connectivity index (χ3n) is 4.29. The van der Waals surface area contributed by atoms with E-state index < -0.39 is 0 Å². The second kappa shape index (κ2) is 4.72. The van der Waals surface area contributed by atoms with Crippen molar-refractivity contribution in [2.75, 3.05) is 0 Å². The van der Waals surface area contributed by atoms with Gasteiger partial charge in [-0.1, -0.05) is 18.2 Å². The van der Waals surface area contributed by atoms with Gasteiger partial charge < -0.3 is 4.42 Å². The zero-order chi connectivity index (χ0) is 13.6. The Bertz CT molecular complexity index is 624. The van der Waals surface area contributed by atoms with Crippen LogP contribution in [0.25, 0.3) is 0 Å². The number of furan rings is 1. The maximum Gasteiger partial charge on any atom is 0.106 e. The van der Waals surface area contributed by atoms with Gasteiger partial charge in [0, 0.05) is 5.56 Å². The van der Waals surface area contributed by atoms with E-state index in [0.29, 0.717) is 0 Å². The second-order valence-electron chi connectivity index (χ2n) is 5.50. The van der Waals surface area contributed by atoms with Crippen molar-refractivity contribution < 1.29 is 4.42 Å². The van der Waals surface area contributed by atoms with Gasteiger partial charge in [-0.05, 0) is 62.3 Å². The topological polar surface area (TPSA) is 13.1 Å². The molecular weight excluding hydrogens is 256 g/mol. The van der Waals surface area contributed by atoms with E-state index in [1.54, 1.807) is 0 Å². The molecule has 1 nitrogen and oxygen atoms in total. The maximum absolute atomic E-state index is 6.70. The zero-order valence-electron chi connectivity index (χ0n) is 11.7. The van der Waals surface area contributed by atoms with Crippen molar-refractivity contribution >= 4 is 11.6 Å². The van der Waals surface area contributed by atoms with Gasteiger partial charge in [0.15, 0.2) is 0 Å². The van der Waals surface area contributed by atoms with E-state index in [0.717, 1.165) is 17.1 Å². The summed E-state index contributed by atoms with van der Waals surface area (Å²) in [5, 5.41) is -0.108. The summed E-state index contributed by atoms with van der Waals surface area (Å²) in [6.45, 7) is 6.08. The Morgan fingerprint density at radius 1 is 1.05 bits per heavy atom. The summed E-state index contributed by atoms with van der Waals surface area (Å²) < 4.78 is 5.70. The SMILES string of the molecule is Cc1oc(C)c(C(Cl)c2ccc3c(c2)CCC3)c1C. The Morgan fingerprint density at radius 2 is 1.79 bits per heavy atom. The van der Waals surface area contributed by atoms with Crippen molar-refractivity contribution in [1.29, 1.82) is 0 Å². The Morgan fingerprint density at radius 3 is 2.47 bits per heavy atom. The van der Waals surface area contributed by atoms with Gasteiger partial charge in [-0.2, -0.15) is 0 Å². The van der Waals surface area contributed by atoms with Gasteiger partial charge in [0.1, 0.15) is 11.5 Å². The van der Waals surface area contributed by atoms with Crippen LogP contribution in [0.15, 0.2) is 22.6 Å². The lowest BCUT2D eigenvalue weighted by atomic mass is 9.98. The largest absolute Gasteiger partial charge is 0.466 e. The molecule has 19 heavy (non-hydrogen) atoms. The minimum Gasteiger partial charge on any atom is -0.466 e. The molecule has 0 saturated carbocycles. The second-order valence-corrected chi connectivity index (χ2v) is 5.93. The average molecular weight is 275 g/mol. The molecule has 1 aliphatic carbocycles. The van der Waals surface area contributed by atoms with Crippen LogP contribution >= 0.6 is 11.6 Å². The molecule has 0 saturated heterocycles. The van der Waals surface area contributed by atoms with Crippen LogP contribution < -0.4 is 0 Å². The number of rotatable bonds is 2. The van der Waals surface area contributed by atoms with E-state index in [4.69, 9.17) is 16.0 Å². The molecule has 0 radical (unpaired) electrons. The lowest BCUT2D eigenvalue weighted by Crippen LogP contribution is -1.97. The first-order valence-corrected chi connectivity index (χ1v) is 7.34. The van der Waals surface area contributed by atoms with Crippen LogP contribution in [0.4, 0.5) is 0 Å². The number of fused-ring (bicyclic) bond motifs is 1. The summed E-state index contributed by atoms with van der Waals surface area (Å²) in [6, 6.07) is 6.69. The van der Waals surface area contributed by atoms with Gasteiger partial charge in [0.25, 0.3) is 0 Å². The molecule has 2 aromatic rings. The van der Waals surface area contributed by atoms with Gasteiger partial charge in [-0.3, -0.25) is 0 Å². The molecule has 0 spiro atoms. The Hall–Kier alpha value is -1.21. The van der Waals surface area contributed by atoms with Gasteiger partial charge >= 0.3 is 0 Å². The molecule has 1 aliphatic rings. The first-order chi connectivity index (χ1) is 9.08. The molecule has 0 aliphatic heterocycles. The fraction of sp³-hybridized carbons (Fsp3) is 0.412. The van der Waals surface area contributed by atoms with E-state index in [2.05, 4.69) is 25.1 Å². The van der Waals surface area contributed by atoms with Crippen molar-refractivity contribution in [3.05, 3.63) is 57.5 Å². The summed E-state index contributed by atoms with van der Waals surface area (Å²) >= 11 is 6.70. The van der Waals surface area contributed by atoms with Gasteiger partial charge in [0.05, 0.1) is 5.38 Å². The molecule has 2 heteroatoms. The molecule has 100 valence electrons. The number of alkyl halides is 1. The van der Waals surface area contributed by atoms with Crippen molar-refractivity contribution in [3.63, 3.8) is 0 Å². The minimum absolute atomic E-state index is 0.108. The van der Waals surface area contributed by atoms with Crippen molar-refractivity contribution in [2.24, 2.45) is 0 Å². The van der Waals surface area contributed by atoms with Gasteiger partial charge in [-0.25, -0.2) is 0 Å². The zero-order valence-corrected chi connectivity index (χ0v) is 12.5. The Kier molecular flexibility index (Phi) is 3.18. The highest BCUT2D eigenvalue weighted by Crippen LogP contribution is 2.37. The Labute approximate surface area is 119 Å². The molecule has 1 aromatic carbocycles. The summed E-state index contributed by atoms with van der Waals surface area (Å²) in [5.41, 5.74) is 6.47. The number of hydrogen-bond donors (Lipinski definition) is 0. The highest BCUT2D eigenvalue weighted by atomic mass is 35.5. The molecular formula is C17H19ClO. The predicted octanol–water partition coefficient (Wildman–Crippen LogP) is 5.02.